The van der Waals surface area contributed by atoms with E-state index in [2.05, 4.69) is 22.5 Å². The third kappa shape index (κ3) is 8.68. The highest BCUT2D eigenvalue weighted by Crippen LogP contribution is 2.59. The van der Waals surface area contributed by atoms with Crippen LogP contribution in [0.1, 0.15) is 43.2 Å². The van der Waals surface area contributed by atoms with E-state index >= 15 is 0 Å². The summed E-state index contributed by atoms with van der Waals surface area (Å²) in [5.74, 6) is 0.0456. The fourth-order valence-corrected chi connectivity index (χ4v) is 6.29. The van der Waals surface area contributed by atoms with Gasteiger partial charge in [0.05, 0.1) is 11.6 Å². The summed E-state index contributed by atoms with van der Waals surface area (Å²) in [5, 5.41) is 5.93. The first-order valence-corrected chi connectivity index (χ1v) is 15.4. The summed E-state index contributed by atoms with van der Waals surface area (Å²) < 4.78 is 13.2. The first kappa shape index (κ1) is 30.3. The number of anilines is 2. The average molecular weight is 588 g/mol. The Hall–Kier alpha value is -3.62. The monoisotopic (exact) mass is 587 g/mol. The topological polar surface area (TPSA) is 71.1 Å². The number of nitrogens with one attached hydrogen (secondary N) is 2. The van der Waals surface area contributed by atoms with Gasteiger partial charge in [-0.1, -0.05) is 31.2 Å². The summed E-state index contributed by atoms with van der Waals surface area (Å²) in [7, 11) is 1.87. The maximum atomic E-state index is 13.2. The van der Waals surface area contributed by atoms with E-state index in [0.29, 0.717) is 5.69 Å². The molecule has 3 aromatic carbocycles. The van der Waals surface area contributed by atoms with Gasteiger partial charge in [0.2, 0.25) is 5.91 Å². The van der Waals surface area contributed by atoms with E-state index in [0.717, 1.165) is 45.9 Å². The molecule has 212 valence electrons. The predicted octanol–water partition coefficient (Wildman–Crippen LogP) is 8.15. The van der Waals surface area contributed by atoms with Gasteiger partial charge < -0.3 is 15.4 Å². The molecule has 1 aliphatic rings. The van der Waals surface area contributed by atoms with E-state index in [1.165, 1.54) is 17.7 Å². The molecule has 1 unspecified atom stereocenters. The van der Waals surface area contributed by atoms with E-state index < -0.39 is 5.92 Å². The fourth-order valence-electron chi connectivity index (χ4n) is 4.34. The van der Waals surface area contributed by atoms with Gasteiger partial charge in [0.1, 0.15) is 12.1 Å². The van der Waals surface area contributed by atoms with Crippen LogP contribution in [0.5, 0.6) is 0 Å². The minimum atomic E-state index is -0.522. The maximum Gasteiger partial charge on any atom is 0.232 e. The van der Waals surface area contributed by atoms with Crippen molar-refractivity contribution in [3.63, 3.8) is 0 Å². The number of thioether (sulfide) groups is 2. The summed E-state index contributed by atoms with van der Waals surface area (Å²) in [6, 6.07) is 26.2. The molecule has 1 saturated carbocycles. The molecular weight excluding hydrogens is 554 g/mol. The summed E-state index contributed by atoms with van der Waals surface area (Å²) in [6.45, 7) is 2.10. The lowest BCUT2D eigenvalue weighted by molar-refractivity contribution is -0.119. The van der Waals surface area contributed by atoms with Crippen LogP contribution in [0, 0.1) is 5.82 Å². The van der Waals surface area contributed by atoms with Gasteiger partial charge in [0.25, 0.3) is 0 Å². The molecule has 1 aliphatic carbocycles. The van der Waals surface area contributed by atoms with Crippen molar-refractivity contribution in [1.29, 1.82) is 0 Å². The van der Waals surface area contributed by atoms with Crippen LogP contribution in [0.2, 0.25) is 0 Å². The third-order valence-electron chi connectivity index (χ3n) is 6.70. The van der Waals surface area contributed by atoms with Gasteiger partial charge in [-0.25, -0.2) is 4.39 Å². The van der Waals surface area contributed by atoms with Crippen LogP contribution >= 0.6 is 23.5 Å². The Bertz CT molecular complexity index is 1400. The number of benzene rings is 3. The summed E-state index contributed by atoms with van der Waals surface area (Å²) in [6.07, 6.45) is 6.59. The van der Waals surface area contributed by atoms with Gasteiger partial charge in [0, 0.05) is 46.1 Å². The number of aromatic nitrogens is 1. The van der Waals surface area contributed by atoms with Gasteiger partial charge in [-0.05, 0) is 90.4 Å². The molecule has 0 radical (unpaired) electrons. The molecule has 0 spiro atoms. The molecule has 8 heteroatoms. The molecule has 5 nitrogen and oxygen atoms in total. The number of amides is 1. The SMILES string of the molecule is CCSc1ccc(C(CC=O)C(=O)Nc2ccc(C3(Sc4ccc(F)cc4)CC3)cc2)cc1.CNc1cccnc1. The number of hydrogen-bond acceptors (Lipinski definition) is 6. The number of halogens is 1. The standard InChI is InChI=1S/C27H26FNO2S2.C6H8N2/c1-2-32-23-11-3-19(4-12-23)25(15-18-30)26(31)29-22-9-5-20(6-10-22)27(16-17-27)33-24-13-7-21(28)8-14-24;1-7-6-3-2-4-8-5-6/h3-14,18,25H,2,15-17H2,1H3,(H,29,31);2-5,7H,1H3. The summed E-state index contributed by atoms with van der Waals surface area (Å²) >= 11 is 3.50. The predicted molar refractivity (Wildman–Crippen MR) is 168 cm³/mol. The molecule has 41 heavy (non-hydrogen) atoms. The molecule has 1 amide bonds. The largest absolute Gasteiger partial charge is 0.387 e. The van der Waals surface area contributed by atoms with Crippen molar-refractivity contribution in [1.82, 2.24) is 4.98 Å². The molecule has 2 N–H and O–H groups in total. The molecule has 4 aromatic rings. The highest BCUT2D eigenvalue weighted by atomic mass is 32.2. The van der Waals surface area contributed by atoms with Gasteiger partial charge in [-0.15, -0.1) is 23.5 Å². The molecule has 1 fully saturated rings. The van der Waals surface area contributed by atoms with Crippen molar-refractivity contribution in [3.8, 4) is 0 Å². The number of aldehydes is 1. The minimum absolute atomic E-state index is 0.0126. The second-order valence-corrected chi connectivity index (χ2v) is 12.4. The number of nitrogens with zero attached hydrogens (tertiary/aromatic N) is 1. The first-order chi connectivity index (χ1) is 20.0. The van der Waals surface area contributed by atoms with E-state index in [9.17, 15) is 14.0 Å². The number of carbonyl (C=O) groups is 2. The zero-order chi connectivity index (χ0) is 29.1. The number of carbonyl (C=O) groups excluding carboxylic acids is 2. The van der Waals surface area contributed by atoms with Crippen LogP contribution in [0.25, 0.3) is 0 Å². The highest BCUT2D eigenvalue weighted by molar-refractivity contribution is 8.00. The Morgan fingerprint density at radius 3 is 2.20 bits per heavy atom. The highest BCUT2D eigenvalue weighted by Gasteiger charge is 2.45. The first-order valence-electron chi connectivity index (χ1n) is 13.6. The Morgan fingerprint density at radius 1 is 0.976 bits per heavy atom. The van der Waals surface area contributed by atoms with Crippen molar-refractivity contribution in [3.05, 3.63) is 114 Å². The second kappa shape index (κ2) is 14.8. The molecule has 5 rings (SSSR count). The van der Waals surface area contributed by atoms with Gasteiger partial charge in [0.15, 0.2) is 0 Å². The summed E-state index contributed by atoms with van der Waals surface area (Å²) in [4.78, 5) is 30.3. The van der Waals surface area contributed by atoms with Gasteiger partial charge >= 0.3 is 0 Å². The van der Waals surface area contributed by atoms with Crippen LogP contribution in [-0.4, -0.2) is 30.0 Å². The Morgan fingerprint density at radius 2 is 1.66 bits per heavy atom. The number of hydrogen-bond donors (Lipinski definition) is 2. The lowest BCUT2D eigenvalue weighted by Gasteiger charge is -2.18. The van der Waals surface area contributed by atoms with Crippen LogP contribution in [0.4, 0.5) is 15.8 Å². The fraction of sp³-hybridized carbons (Fsp3) is 0.242. The molecule has 0 saturated heterocycles. The lowest BCUT2D eigenvalue weighted by Crippen LogP contribution is -2.21. The second-order valence-electron chi connectivity index (χ2n) is 9.57. The molecule has 1 heterocycles. The number of rotatable bonds is 11. The summed E-state index contributed by atoms with van der Waals surface area (Å²) in [5.41, 5.74) is 3.79. The quantitative estimate of drug-likeness (QED) is 0.136. The van der Waals surface area contributed by atoms with Crippen molar-refractivity contribution < 1.29 is 14.0 Å². The molecule has 0 bridgehead atoms. The van der Waals surface area contributed by atoms with Crippen LogP contribution in [-0.2, 0) is 14.3 Å². The van der Waals surface area contributed by atoms with Crippen molar-refractivity contribution in [2.75, 3.05) is 23.4 Å². The third-order valence-corrected chi connectivity index (χ3v) is 9.14. The Labute approximate surface area is 249 Å². The van der Waals surface area contributed by atoms with Crippen LogP contribution in [0.3, 0.4) is 0 Å². The van der Waals surface area contributed by atoms with Crippen molar-refractivity contribution >= 4 is 47.1 Å². The molecule has 1 atom stereocenters. The zero-order valence-corrected chi connectivity index (χ0v) is 24.8. The van der Waals surface area contributed by atoms with E-state index in [1.807, 2.05) is 79.8 Å². The maximum absolute atomic E-state index is 13.2. The van der Waals surface area contributed by atoms with Crippen LogP contribution < -0.4 is 10.6 Å². The Kier molecular flexibility index (Phi) is 11.0. The number of pyridine rings is 1. The normalized spacial score (nSPS) is 13.7. The van der Waals surface area contributed by atoms with E-state index in [1.54, 1.807) is 35.9 Å². The smallest absolute Gasteiger partial charge is 0.232 e. The zero-order valence-electron chi connectivity index (χ0n) is 23.2. The van der Waals surface area contributed by atoms with Gasteiger partial charge in [-0.3, -0.25) is 9.78 Å². The van der Waals surface area contributed by atoms with Gasteiger partial charge in [-0.2, -0.15) is 0 Å². The lowest BCUT2D eigenvalue weighted by atomic mass is 9.95. The Balaban J connectivity index is 0.000000417. The molecule has 1 aromatic heterocycles. The minimum Gasteiger partial charge on any atom is -0.387 e. The van der Waals surface area contributed by atoms with E-state index in [-0.39, 0.29) is 22.9 Å². The van der Waals surface area contributed by atoms with Crippen LogP contribution in [0.15, 0.2) is 107 Å². The average Bonchev–Trinajstić information content (AvgIpc) is 3.79. The van der Waals surface area contributed by atoms with Crippen molar-refractivity contribution in [2.45, 2.75) is 46.6 Å². The molecule has 0 aliphatic heterocycles. The van der Waals surface area contributed by atoms with Crippen molar-refractivity contribution in [2.24, 2.45) is 0 Å². The van der Waals surface area contributed by atoms with E-state index in [4.69, 9.17) is 0 Å². The molecular formula is C33H34FN3O2S2.